The fourth-order valence-corrected chi connectivity index (χ4v) is 4.60. The second-order valence-electron chi connectivity index (χ2n) is 6.84. The average Bonchev–Trinajstić information content (AvgIpc) is 3.29. The minimum absolute atomic E-state index is 0.134. The van der Waals surface area contributed by atoms with Crippen molar-refractivity contribution in [2.45, 2.75) is 18.5 Å². The van der Waals surface area contributed by atoms with Crippen LogP contribution in [0, 0.1) is 0 Å². The first-order chi connectivity index (χ1) is 15.0. The van der Waals surface area contributed by atoms with Crippen LogP contribution in [0.5, 0.6) is 0 Å². The number of carbonyl (C=O) groups is 2. The van der Waals surface area contributed by atoms with E-state index in [9.17, 15) is 9.59 Å². The molecule has 0 unspecified atom stereocenters. The Hall–Kier alpha value is -3.24. The molecule has 0 atom stereocenters. The summed E-state index contributed by atoms with van der Waals surface area (Å²) in [5.74, 6) is 0.740. The van der Waals surface area contributed by atoms with Crippen LogP contribution < -0.4 is 10.6 Å². The van der Waals surface area contributed by atoms with Crippen molar-refractivity contribution >= 4 is 55.9 Å². The number of amides is 2. The molecule has 0 aliphatic rings. The molecule has 0 saturated heterocycles. The Morgan fingerprint density at radius 1 is 1.10 bits per heavy atom. The van der Waals surface area contributed by atoms with Gasteiger partial charge in [0.25, 0.3) is 0 Å². The van der Waals surface area contributed by atoms with Crippen LogP contribution in [0.4, 0.5) is 10.8 Å². The fourth-order valence-electron chi connectivity index (χ4n) is 2.95. The average molecular weight is 453 g/mol. The molecule has 2 heterocycles. The van der Waals surface area contributed by atoms with Crippen molar-refractivity contribution < 1.29 is 9.59 Å². The Balaban J connectivity index is 1.35. The zero-order valence-electron chi connectivity index (χ0n) is 17.0. The van der Waals surface area contributed by atoms with Crippen LogP contribution in [0.1, 0.15) is 18.3 Å². The summed E-state index contributed by atoms with van der Waals surface area (Å²) >= 11 is 2.69. The van der Waals surface area contributed by atoms with Gasteiger partial charge in [0.1, 0.15) is 5.82 Å². The van der Waals surface area contributed by atoms with E-state index in [1.165, 1.54) is 30.0 Å². The molecule has 0 saturated carbocycles. The normalized spacial score (nSPS) is 10.9. The van der Waals surface area contributed by atoms with Crippen molar-refractivity contribution in [2.24, 2.45) is 7.05 Å². The molecule has 31 heavy (non-hydrogen) atoms. The van der Waals surface area contributed by atoms with Crippen molar-refractivity contribution in [1.29, 1.82) is 0 Å². The number of rotatable bonds is 7. The van der Waals surface area contributed by atoms with E-state index in [0.717, 1.165) is 21.6 Å². The number of thiazole rings is 1. The molecule has 0 radical (unpaired) electrons. The Bertz CT molecular complexity index is 1240. The lowest BCUT2D eigenvalue weighted by molar-refractivity contribution is -0.114. The Morgan fingerprint density at radius 3 is 2.68 bits per heavy atom. The first-order valence-electron chi connectivity index (χ1n) is 9.51. The number of nitrogens with zero attached hydrogens (tertiary/aromatic N) is 4. The molecule has 4 rings (SSSR count). The quantitative estimate of drug-likeness (QED) is 0.415. The largest absolute Gasteiger partial charge is 0.326 e. The first-order valence-corrected chi connectivity index (χ1v) is 11.3. The molecule has 2 N–H and O–H groups in total. The standard InChI is InChI=1S/C21H20N6O2S2/c1-13(28)22-15-8-9-16-17(11-15)31-20(23-16)24-19(29)12-30-21-26-25-18(27(21)2)10-14-6-4-3-5-7-14/h3-9,11H,10,12H2,1-2H3,(H,22,28)(H,23,24,29). The Kier molecular flexibility index (Phi) is 6.28. The van der Waals surface area contributed by atoms with Gasteiger partial charge in [0, 0.05) is 26.1 Å². The van der Waals surface area contributed by atoms with Crippen molar-refractivity contribution in [3.8, 4) is 0 Å². The number of thioether (sulfide) groups is 1. The maximum absolute atomic E-state index is 12.4. The monoisotopic (exact) mass is 452 g/mol. The number of benzene rings is 2. The summed E-state index contributed by atoms with van der Waals surface area (Å²) in [4.78, 5) is 28.0. The number of carbonyl (C=O) groups excluding carboxylic acids is 2. The van der Waals surface area contributed by atoms with Gasteiger partial charge in [-0.1, -0.05) is 53.4 Å². The number of aromatic nitrogens is 4. The molecule has 0 aliphatic carbocycles. The van der Waals surface area contributed by atoms with E-state index in [1.54, 1.807) is 6.07 Å². The summed E-state index contributed by atoms with van der Waals surface area (Å²) in [7, 11) is 1.90. The highest BCUT2D eigenvalue weighted by molar-refractivity contribution is 7.99. The Morgan fingerprint density at radius 2 is 1.90 bits per heavy atom. The number of nitrogens with one attached hydrogen (secondary N) is 2. The lowest BCUT2D eigenvalue weighted by Gasteiger charge is -2.04. The molecule has 8 nitrogen and oxygen atoms in total. The van der Waals surface area contributed by atoms with E-state index in [1.807, 2.05) is 54.1 Å². The van der Waals surface area contributed by atoms with Gasteiger partial charge in [-0.05, 0) is 23.8 Å². The van der Waals surface area contributed by atoms with Gasteiger partial charge in [0.2, 0.25) is 11.8 Å². The van der Waals surface area contributed by atoms with Crippen LogP contribution in [0.2, 0.25) is 0 Å². The maximum atomic E-state index is 12.4. The summed E-state index contributed by atoms with van der Waals surface area (Å²) in [6.45, 7) is 1.46. The predicted molar refractivity (Wildman–Crippen MR) is 124 cm³/mol. The zero-order chi connectivity index (χ0) is 21.8. The number of hydrogen-bond donors (Lipinski definition) is 2. The molecule has 10 heteroatoms. The van der Waals surface area contributed by atoms with Gasteiger partial charge in [0.15, 0.2) is 10.3 Å². The molecule has 0 bridgehead atoms. The summed E-state index contributed by atoms with van der Waals surface area (Å²) in [6.07, 6.45) is 0.684. The zero-order valence-corrected chi connectivity index (χ0v) is 18.6. The Labute approximate surface area is 187 Å². The van der Waals surface area contributed by atoms with Gasteiger partial charge in [-0.25, -0.2) is 4.98 Å². The molecule has 2 amide bonds. The summed E-state index contributed by atoms with van der Waals surface area (Å²) in [5.41, 5.74) is 2.62. The highest BCUT2D eigenvalue weighted by Gasteiger charge is 2.13. The summed E-state index contributed by atoms with van der Waals surface area (Å²) in [6, 6.07) is 15.5. The lowest BCUT2D eigenvalue weighted by Crippen LogP contribution is -2.14. The molecular formula is C21H20N6O2S2. The minimum Gasteiger partial charge on any atom is -0.326 e. The highest BCUT2D eigenvalue weighted by Crippen LogP contribution is 2.28. The van der Waals surface area contributed by atoms with E-state index in [4.69, 9.17) is 0 Å². The van der Waals surface area contributed by atoms with Gasteiger partial charge < -0.3 is 15.2 Å². The molecular weight excluding hydrogens is 432 g/mol. The van der Waals surface area contributed by atoms with E-state index in [0.29, 0.717) is 22.4 Å². The smallest absolute Gasteiger partial charge is 0.236 e. The molecule has 0 spiro atoms. The van der Waals surface area contributed by atoms with Crippen LogP contribution in [0.15, 0.2) is 53.7 Å². The third-order valence-electron chi connectivity index (χ3n) is 4.42. The van der Waals surface area contributed by atoms with Crippen molar-refractivity contribution in [3.05, 3.63) is 59.9 Å². The highest BCUT2D eigenvalue weighted by atomic mass is 32.2. The van der Waals surface area contributed by atoms with Crippen LogP contribution in [-0.4, -0.2) is 37.3 Å². The van der Waals surface area contributed by atoms with E-state index >= 15 is 0 Å². The van der Waals surface area contributed by atoms with Gasteiger partial charge >= 0.3 is 0 Å². The molecule has 0 aliphatic heterocycles. The third-order valence-corrected chi connectivity index (χ3v) is 6.37. The number of fused-ring (bicyclic) bond motifs is 1. The molecule has 158 valence electrons. The lowest BCUT2D eigenvalue weighted by atomic mass is 10.1. The molecule has 0 fully saturated rings. The number of anilines is 2. The maximum Gasteiger partial charge on any atom is 0.236 e. The molecule has 2 aromatic heterocycles. The molecule has 2 aromatic carbocycles. The van der Waals surface area contributed by atoms with Crippen LogP contribution in [-0.2, 0) is 23.1 Å². The van der Waals surface area contributed by atoms with Crippen LogP contribution in [0.3, 0.4) is 0 Å². The van der Waals surface area contributed by atoms with Crippen LogP contribution in [0.25, 0.3) is 10.2 Å². The van der Waals surface area contributed by atoms with E-state index in [-0.39, 0.29) is 17.6 Å². The van der Waals surface area contributed by atoms with Crippen molar-refractivity contribution in [2.75, 3.05) is 16.4 Å². The predicted octanol–water partition coefficient (Wildman–Crippen LogP) is 3.70. The topological polar surface area (TPSA) is 102 Å². The second-order valence-corrected chi connectivity index (χ2v) is 8.81. The van der Waals surface area contributed by atoms with E-state index in [2.05, 4.69) is 25.8 Å². The third kappa shape index (κ3) is 5.28. The van der Waals surface area contributed by atoms with E-state index < -0.39 is 0 Å². The number of hydrogen-bond acceptors (Lipinski definition) is 7. The summed E-state index contributed by atoms with van der Waals surface area (Å²) < 4.78 is 2.79. The van der Waals surface area contributed by atoms with Gasteiger partial charge in [-0.2, -0.15) is 0 Å². The van der Waals surface area contributed by atoms with Gasteiger partial charge in [-0.3, -0.25) is 9.59 Å². The minimum atomic E-state index is -0.168. The SMILES string of the molecule is CC(=O)Nc1ccc2nc(NC(=O)CSc3nnc(Cc4ccccc4)n3C)sc2c1. The van der Waals surface area contributed by atoms with Crippen molar-refractivity contribution in [1.82, 2.24) is 19.7 Å². The van der Waals surface area contributed by atoms with Crippen molar-refractivity contribution in [3.63, 3.8) is 0 Å². The summed E-state index contributed by atoms with van der Waals surface area (Å²) in [5, 5.41) is 15.2. The van der Waals surface area contributed by atoms with Gasteiger partial charge in [0.05, 0.1) is 16.0 Å². The van der Waals surface area contributed by atoms with Crippen LogP contribution >= 0.6 is 23.1 Å². The second kappa shape index (κ2) is 9.27. The van der Waals surface area contributed by atoms with Gasteiger partial charge in [-0.15, -0.1) is 10.2 Å². The molecule has 4 aromatic rings. The fraction of sp³-hybridized carbons (Fsp3) is 0.190. The first kappa shape index (κ1) is 21.0.